The molecule has 196 valence electrons. The first-order valence-electron chi connectivity index (χ1n) is 13.4. The van der Waals surface area contributed by atoms with Gasteiger partial charge in [-0.25, -0.2) is 0 Å². The van der Waals surface area contributed by atoms with E-state index in [2.05, 4.69) is 39.3 Å². The third-order valence-electron chi connectivity index (χ3n) is 7.79. The van der Waals surface area contributed by atoms with Crippen LogP contribution < -0.4 is 15.8 Å². The number of benzene rings is 1. The average Bonchev–Trinajstić information content (AvgIpc) is 3.46. The van der Waals surface area contributed by atoms with Crippen molar-refractivity contribution in [1.29, 1.82) is 0 Å². The summed E-state index contributed by atoms with van der Waals surface area (Å²) >= 11 is 0. The topological polar surface area (TPSA) is 95.2 Å². The molecule has 0 atom stereocenters. The molecule has 1 aromatic carbocycles. The molecule has 2 N–H and O–H groups in total. The highest BCUT2D eigenvalue weighted by atomic mass is 16.2. The van der Waals surface area contributed by atoms with Crippen LogP contribution in [0.3, 0.4) is 0 Å². The monoisotopic (exact) mass is 510 g/mol. The summed E-state index contributed by atoms with van der Waals surface area (Å²) in [7, 11) is 0. The molecule has 3 aromatic rings. The quantitative estimate of drug-likeness (QED) is 0.418. The second-order valence-electron chi connectivity index (χ2n) is 10.4. The van der Waals surface area contributed by atoms with Crippen molar-refractivity contribution in [2.45, 2.75) is 65.5 Å². The van der Waals surface area contributed by atoms with Gasteiger partial charge in [0.25, 0.3) is 11.5 Å². The number of aromatic nitrogens is 2. The number of anilines is 1. The molecule has 5 rings (SSSR count). The van der Waals surface area contributed by atoms with Gasteiger partial charge in [0.05, 0.1) is 5.69 Å². The van der Waals surface area contributed by atoms with Crippen LogP contribution in [-0.4, -0.2) is 34.7 Å². The number of aldehydes is 1. The van der Waals surface area contributed by atoms with Crippen molar-refractivity contribution in [3.05, 3.63) is 86.0 Å². The van der Waals surface area contributed by atoms with Crippen molar-refractivity contribution in [2.24, 2.45) is 0 Å². The zero-order valence-corrected chi connectivity index (χ0v) is 22.3. The Morgan fingerprint density at radius 2 is 1.97 bits per heavy atom. The van der Waals surface area contributed by atoms with Crippen LogP contribution in [0.4, 0.5) is 5.69 Å². The van der Waals surface area contributed by atoms with Gasteiger partial charge in [0.1, 0.15) is 0 Å². The van der Waals surface area contributed by atoms with Crippen LogP contribution in [-0.2, 0) is 6.54 Å². The van der Waals surface area contributed by atoms with E-state index in [1.54, 1.807) is 12.3 Å². The fourth-order valence-electron chi connectivity index (χ4n) is 5.68. The number of hydrogen-bond acceptors (Lipinski definition) is 5. The molecule has 0 radical (unpaired) electrons. The molecule has 7 nitrogen and oxygen atoms in total. The van der Waals surface area contributed by atoms with Gasteiger partial charge < -0.3 is 15.2 Å². The Morgan fingerprint density at radius 1 is 1.18 bits per heavy atom. The highest BCUT2D eigenvalue weighted by Crippen LogP contribution is 2.40. The van der Waals surface area contributed by atoms with Crippen LogP contribution in [0.2, 0.25) is 0 Å². The maximum Gasteiger partial charge on any atom is 0.253 e. The van der Waals surface area contributed by atoms with Crippen molar-refractivity contribution in [3.8, 4) is 11.3 Å². The number of fused-ring (bicyclic) bond motifs is 1. The van der Waals surface area contributed by atoms with Gasteiger partial charge in [0.2, 0.25) is 0 Å². The van der Waals surface area contributed by atoms with Gasteiger partial charge in [-0.3, -0.25) is 19.4 Å². The fraction of sp³-hybridized carbons (Fsp3) is 0.355. The zero-order valence-electron chi connectivity index (χ0n) is 22.3. The SMILES string of the molecule is CCC1=Cc2c(C(=O)NCc3c(C)cc(C)[nH]c3=O)cc(-c3ccc(C=O)cn3)cc2N(C2CCCC2)C1. The minimum Gasteiger partial charge on any atom is -0.364 e. The summed E-state index contributed by atoms with van der Waals surface area (Å²) in [5.74, 6) is -0.230. The van der Waals surface area contributed by atoms with E-state index in [-0.39, 0.29) is 18.0 Å². The van der Waals surface area contributed by atoms with Crippen molar-refractivity contribution in [3.63, 3.8) is 0 Å². The smallest absolute Gasteiger partial charge is 0.253 e. The highest BCUT2D eigenvalue weighted by molar-refractivity contribution is 6.02. The zero-order chi connectivity index (χ0) is 26.8. The number of pyridine rings is 2. The number of H-pyrrole nitrogens is 1. The Labute approximate surface area is 223 Å². The largest absolute Gasteiger partial charge is 0.364 e. The van der Waals surface area contributed by atoms with E-state index in [1.807, 2.05) is 32.0 Å². The second-order valence-corrected chi connectivity index (χ2v) is 10.4. The van der Waals surface area contributed by atoms with Gasteiger partial charge in [0, 0.05) is 64.5 Å². The summed E-state index contributed by atoms with van der Waals surface area (Å²) in [4.78, 5) is 47.3. The maximum atomic E-state index is 13.7. The van der Waals surface area contributed by atoms with Gasteiger partial charge in [-0.05, 0) is 69.0 Å². The van der Waals surface area contributed by atoms with Crippen molar-refractivity contribution < 1.29 is 9.59 Å². The van der Waals surface area contributed by atoms with Crippen LogP contribution >= 0.6 is 0 Å². The molecule has 1 aliphatic carbocycles. The first-order chi connectivity index (χ1) is 18.4. The first kappa shape index (κ1) is 25.6. The Morgan fingerprint density at radius 3 is 2.63 bits per heavy atom. The normalized spacial score (nSPS) is 15.2. The molecule has 2 aliphatic rings. The molecule has 3 heterocycles. The molecule has 1 aliphatic heterocycles. The van der Waals surface area contributed by atoms with E-state index in [0.717, 1.165) is 60.2 Å². The number of nitrogens with zero attached hydrogens (tertiary/aromatic N) is 2. The average molecular weight is 511 g/mol. The molecule has 2 aromatic heterocycles. The summed E-state index contributed by atoms with van der Waals surface area (Å²) in [6.45, 7) is 6.88. The molecule has 1 amide bonds. The number of amides is 1. The van der Waals surface area contributed by atoms with Crippen LogP contribution in [0.15, 0.2) is 46.9 Å². The fourth-order valence-corrected chi connectivity index (χ4v) is 5.68. The first-order valence-corrected chi connectivity index (χ1v) is 13.4. The standard InChI is InChI=1S/C31H34N4O3/c1-4-21-12-25-26(30(37)33-16-27-19(2)11-20(3)34-31(27)38)13-23(28-10-9-22(18-36)15-32-28)14-29(25)35(17-21)24-7-5-6-8-24/h9-15,18,24H,4-8,16-17H2,1-3H3,(H,33,37)(H,34,38). The molecule has 38 heavy (non-hydrogen) atoms. The summed E-state index contributed by atoms with van der Waals surface area (Å²) in [6.07, 6.45) is 10.1. The Bertz CT molecular complexity index is 1460. The van der Waals surface area contributed by atoms with E-state index in [1.165, 1.54) is 18.4 Å². The Kier molecular flexibility index (Phi) is 7.27. The molecular weight excluding hydrogens is 476 g/mol. The Balaban J connectivity index is 1.59. The van der Waals surface area contributed by atoms with E-state index in [0.29, 0.717) is 28.4 Å². The lowest BCUT2D eigenvalue weighted by Crippen LogP contribution is -2.38. The maximum absolute atomic E-state index is 13.7. The number of aryl methyl sites for hydroxylation is 2. The van der Waals surface area contributed by atoms with Crippen molar-refractivity contribution >= 4 is 24.0 Å². The third kappa shape index (κ3) is 5.05. The predicted octanol–water partition coefficient (Wildman–Crippen LogP) is 5.35. The molecule has 1 saturated carbocycles. The summed E-state index contributed by atoms with van der Waals surface area (Å²) in [6, 6.07) is 9.92. The van der Waals surface area contributed by atoms with Gasteiger partial charge in [-0.1, -0.05) is 31.4 Å². The minimum absolute atomic E-state index is 0.141. The molecule has 1 fully saturated rings. The molecular formula is C31H34N4O3. The molecule has 7 heteroatoms. The van der Waals surface area contributed by atoms with Crippen LogP contribution in [0.25, 0.3) is 17.3 Å². The third-order valence-corrected chi connectivity index (χ3v) is 7.79. The summed E-state index contributed by atoms with van der Waals surface area (Å²) < 4.78 is 0. The number of hydrogen-bond donors (Lipinski definition) is 2. The summed E-state index contributed by atoms with van der Waals surface area (Å²) in [5, 5.41) is 3.01. The van der Waals surface area contributed by atoms with Crippen LogP contribution in [0.5, 0.6) is 0 Å². The van der Waals surface area contributed by atoms with Gasteiger partial charge >= 0.3 is 0 Å². The Hall–Kier alpha value is -4.00. The van der Waals surface area contributed by atoms with Gasteiger partial charge in [-0.2, -0.15) is 0 Å². The lowest BCUT2D eigenvalue weighted by molar-refractivity contribution is 0.0950. The van der Waals surface area contributed by atoms with E-state index in [4.69, 9.17) is 0 Å². The van der Waals surface area contributed by atoms with E-state index < -0.39 is 0 Å². The van der Waals surface area contributed by atoms with E-state index >= 15 is 0 Å². The minimum atomic E-state index is -0.230. The number of carbonyl (C=O) groups excluding carboxylic acids is 2. The second kappa shape index (κ2) is 10.8. The highest BCUT2D eigenvalue weighted by Gasteiger charge is 2.30. The van der Waals surface area contributed by atoms with Gasteiger partial charge in [0.15, 0.2) is 6.29 Å². The van der Waals surface area contributed by atoms with Crippen LogP contribution in [0, 0.1) is 13.8 Å². The van der Waals surface area contributed by atoms with Gasteiger partial charge in [-0.15, -0.1) is 0 Å². The summed E-state index contributed by atoms with van der Waals surface area (Å²) in [5.41, 5.74) is 7.87. The number of rotatable bonds is 7. The molecule has 0 bridgehead atoms. The number of aromatic amines is 1. The molecule has 0 spiro atoms. The molecule has 0 saturated heterocycles. The van der Waals surface area contributed by atoms with Crippen molar-refractivity contribution in [1.82, 2.24) is 15.3 Å². The number of nitrogens with one attached hydrogen (secondary N) is 2. The van der Waals surface area contributed by atoms with Crippen LogP contribution in [0.1, 0.15) is 82.1 Å². The lowest BCUT2D eigenvalue weighted by atomic mass is 9.91. The molecule has 0 unspecified atom stereocenters. The predicted molar refractivity (Wildman–Crippen MR) is 151 cm³/mol. The van der Waals surface area contributed by atoms with Crippen molar-refractivity contribution in [2.75, 3.05) is 11.4 Å². The lowest BCUT2D eigenvalue weighted by Gasteiger charge is -2.37. The number of carbonyl (C=O) groups is 2. The van der Waals surface area contributed by atoms with E-state index in [9.17, 15) is 14.4 Å².